The van der Waals surface area contributed by atoms with E-state index in [0.29, 0.717) is 26.3 Å². The summed E-state index contributed by atoms with van der Waals surface area (Å²) in [5.41, 5.74) is 1.75. The van der Waals surface area contributed by atoms with E-state index in [9.17, 15) is 9.90 Å². The number of aliphatic hydroxyl groups excluding tert-OH is 1. The van der Waals surface area contributed by atoms with E-state index in [2.05, 4.69) is 5.32 Å². The van der Waals surface area contributed by atoms with E-state index in [1.165, 1.54) is 0 Å². The summed E-state index contributed by atoms with van der Waals surface area (Å²) in [6.07, 6.45) is 0.909. The van der Waals surface area contributed by atoms with Gasteiger partial charge in [0.25, 0.3) is 0 Å². The molecule has 0 saturated carbocycles. The van der Waals surface area contributed by atoms with Crippen LogP contribution in [0.5, 0.6) is 0 Å². The molecule has 1 aliphatic rings. The highest BCUT2D eigenvalue weighted by molar-refractivity contribution is 5.86. The molecular formula is C15H22N2O3. The molecule has 0 aliphatic carbocycles. The maximum atomic E-state index is 12.2. The van der Waals surface area contributed by atoms with Gasteiger partial charge in [-0.25, -0.2) is 0 Å². The molecule has 2 N–H and O–H groups in total. The zero-order valence-electron chi connectivity index (χ0n) is 11.8. The minimum Gasteiger partial charge on any atom is -0.392 e. The van der Waals surface area contributed by atoms with Crippen LogP contribution in [0.15, 0.2) is 24.3 Å². The standard InChI is InChI=1S/C15H22N2O3/c1-2-7-16-15(19)14-11-20-9-8-17(14)13-6-4-3-5-12(13)10-18/h3-6,14,18H,2,7-11H2,1H3,(H,16,19). The molecule has 0 spiro atoms. The molecule has 1 heterocycles. The monoisotopic (exact) mass is 278 g/mol. The second-order valence-corrected chi connectivity index (χ2v) is 4.86. The summed E-state index contributed by atoms with van der Waals surface area (Å²) in [7, 11) is 0. The predicted molar refractivity (Wildman–Crippen MR) is 77.6 cm³/mol. The topological polar surface area (TPSA) is 61.8 Å². The number of benzene rings is 1. The summed E-state index contributed by atoms with van der Waals surface area (Å²) in [6, 6.07) is 7.30. The lowest BCUT2D eigenvalue weighted by atomic mass is 10.1. The Hall–Kier alpha value is -1.59. The van der Waals surface area contributed by atoms with E-state index < -0.39 is 0 Å². The van der Waals surface area contributed by atoms with Gasteiger partial charge in [-0.2, -0.15) is 0 Å². The lowest BCUT2D eigenvalue weighted by Crippen LogP contribution is -2.54. The van der Waals surface area contributed by atoms with Crippen molar-refractivity contribution in [3.05, 3.63) is 29.8 Å². The number of hydrogen-bond donors (Lipinski definition) is 2. The van der Waals surface area contributed by atoms with Crippen LogP contribution in [0.4, 0.5) is 5.69 Å². The number of hydrogen-bond acceptors (Lipinski definition) is 4. The predicted octanol–water partition coefficient (Wildman–Crippen LogP) is 0.910. The smallest absolute Gasteiger partial charge is 0.245 e. The summed E-state index contributed by atoms with van der Waals surface area (Å²) in [5, 5.41) is 12.4. The Morgan fingerprint density at radius 1 is 1.50 bits per heavy atom. The quantitative estimate of drug-likeness (QED) is 0.840. The molecule has 110 valence electrons. The van der Waals surface area contributed by atoms with Crippen LogP contribution in [-0.2, 0) is 16.1 Å². The Morgan fingerprint density at radius 3 is 3.05 bits per heavy atom. The van der Waals surface area contributed by atoms with Gasteiger partial charge in [0.15, 0.2) is 0 Å². The van der Waals surface area contributed by atoms with Crippen molar-refractivity contribution in [2.24, 2.45) is 0 Å². The molecule has 1 aromatic carbocycles. The normalized spacial score (nSPS) is 18.9. The number of aliphatic hydroxyl groups is 1. The van der Waals surface area contributed by atoms with Crippen LogP contribution in [0.3, 0.4) is 0 Å². The molecule has 5 nitrogen and oxygen atoms in total. The van der Waals surface area contributed by atoms with Crippen LogP contribution in [0.2, 0.25) is 0 Å². The van der Waals surface area contributed by atoms with Gasteiger partial charge in [-0.15, -0.1) is 0 Å². The lowest BCUT2D eigenvalue weighted by Gasteiger charge is -2.37. The third kappa shape index (κ3) is 3.29. The number of nitrogens with one attached hydrogen (secondary N) is 1. The van der Waals surface area contributed by atoms with Crippen LogP contribution >= 0.6 is 0 Å². The SMILES string of the molecule is CCCNC(=O)C1COCCN1c1ccccc1CO. The van der Waals surface area contributed by atoms with Gasteiger partial charge < -0.3 is 20.1 Å². The zero-order valence-corrected chi connectivity index (χ0v) is 11.8. The second kappa shape index (κ2) is 7.26. The van der Waals surface area contributed by atoms with Crippen molar-refractivity contribution in [2.45, 2.75) is 26.0 Å². The highest BCUT2D eigenvalue weighted by Crippen LogP contribution is 2.24. The number of para-hydroxylation sites is 1. The van der Waals surface area contributed by atoms with Gasteiger partial charge in [0.2, 0.25) is 5.91 Å². The molecule has 0 aromatic heterocycles. The summed E-state index contributed by atoms with van der Waals surface area (Å²) in [5.74, 6) is -0.0145. The summed E-state index contributed by atoms with van der Waals surface area (Å²) < 4.78 is 5.44. The van der Waals surface area contributed by atoms with Crippen LogP contribution in [0, 0.1) is 0 Å². The number of carbonyl (C=O) groups excluding carboxylic acids is 1. The third-order valence-corrected chi connectivity index (χ3v) is 3.45. The molecule has 1 aliphatic heterocycles. The maximum absolute atomic E-state index is 12.2. The Balaban J connectivity index is 2.20. The molecule has 5 heteroatoms. The van der Waals surface area contributed by atoms with Gasteiger partial charge in [-0.3, -0.25) is 4.79 Å². The first-order chi connectivity index (χ1) is 9.77. The van der Waals surface area contributed by atoms with Gasteiger partial charge in [0.1, 0.15) is 6.04 Å². The number of morpholine rings is 1. The fourth-order valence-corrected chi connectivity index (χ4v) is 2.40. The van der Waals surface area contributed by atoms with E-state index in [1.54, 1.807) is 0 Å². The van der Waals surface area contributed by atoms with E-state index in [4.69, 9.17) is 4.74 Å². The molecule has 2 rings (SSSR count). The van der Waals surface area contributed by atoms with Gasteiger partial charge in [-0.1, -0.05) is 25.1 Å². The fourth-order valence-electron chi connectivity index (χ4n) is 2.40. The number of amides is 1. The van der Waals surface area contributed by atoms with Crippen LogP contribution in [-0.4, -0.2) is 43.4 Å². The number of carbonyl (C=O) groups is 1. The number of anilines is 1. The summed E-state index contributed by atoms with van der Waals surface area (Å²) in [6.45, 7) is 4.30. The van der Waals surface area contributed by atoms with E-state index >= 15 is 0 Å². The van der Waals surface area contributed by atoms with Crippen LogP contribution < -0.4 is 10.2 Å². The first-order valence-corrected chi connectivity index (χ1v) is 7.08. The minimum absolute atomic E-state index is 0.0145. The fraction of sp³-hybridized carbons (Fsp3) is 0.533. The molecular weight excluding hydrogens is 256 g/mol. The number of rotatable bonds is 5. The van der Waals surface area contributed by atoms with Crippen molar-refractivity contribution in [3.63, 3.8) is 0 Å². The van der Waals surface area contributed by atoms with Crippen molar-refractivity contribution >= 4 is 11.6 Å². The molecule has 1 unspecified atom stereocenters. The van der Waals surface area contributed by atoms with E-state index in [1.807, 2.05) is 36.1 Å². The average molecular weight is 278 g/mol. The van der Waals surface area contributed by atoms with Crippen molar-refractivity contribution < 1.29 is 14.6 Å². The molecule has 0 radical (unpaired) electrons. The van der Waals surface area contributed by atoms with Gasteiger partial charge in [-0.05, 0) is 12.5 Å². The summed E-state index contributed by atoms with van der Waals surface area (Å²) >= 11 is 0. The third-order valence-electron chi connectivity index (χ3n) is 3.45. The highest BCUT2D eigenvalue weighted by atomic mass is 16.5. The van der Waals surface area contributed by atoms with E-state index in [0.717, 1.165) is 17.7 Å². The molecule has 1 amide bonds. The Morgan fingerprint density at radius 2 is 2.30 bits per heavy atom. The Kier molecular flexibility index (Phi) is 5.38. The van der Waals surface area contributed by atoms with Gasteiger partial charge in [0.05, 0.1) is 19.8 Å². The van der Waals surface area contributed by atoms with Crippen LogP contribution in [0.1, 0.15) is 18.9 Å². The van der Waals surface area contributed by atoms with Crippen molar-refractivity contribution in [1.82, 2.24) is 5.32 Å². The summed E-state index contributed by atoms with van der Waals surface area (Å²) in [4.78, 5) is 14.3. The average Bonchev–Trinajstić information content (AvgIpc) is 2.52. The molecule has 1 fully saturated rings. The molecule has 1 saturated heterocycles. The second-order valence-electron chi connectivity index (χ2n) is 4.86. The molecule has 1 atom stereocenters. The van der Waals surface area contributed by atoms with Gasteiger partial charge in [0, 0.05) is 24.3 Å². The van der Waals surface area contributed by atoms with Crippen LogP contribution in [0.25, 0.3) is 0 Å². The van der Waals surface area contributed by atoms with Crippen molar-refractivity contribution in [2.75, 3.05) is 31.2 Å². The number of ether oxygens (including phenoxy) is 1. The lowest BCUT2D eigenvalue weighted by molar-refractivity contribution is -0.124. The highest BCUT2D eigenvalue weighted by Gasteiger charge is 2.30. The Labute approximate surface area is 119 Å². The molecule has 0 bridgehead atoms. The van der Waals surface area contributed by atoms with Gasteiger partial charge >= 0.3 is 0 Å². The van der Waals surface area contributed by atoms with Crippen molar-refractivity contribution in [1.29, 1.82) is 0 Å². The maximum Gasteiger partial charge on any atom is 0.245 e. The zero-order chi connectivity index (χ0) is 14.4. The molecule has 20 heavy (non-hydrogen) atoms. The first kappa shape index (κ1) is 14.8. The van der Waals surface area contributed by atoms with Crippen molar-refractivity contribution in [3.8, 4) is 0 Å². The Bertz CT molecular complexity index is 450. The largest absolute Gasteiger partial charge is 0.392 e. The molecule has 1 aromatic rings. The van der Waals surface area contributed by atoms with E-state index in [-0.39, 0.29) is 18.6 Å². The minimum atomic E-state index is -0.331. The number of nitrogens with zero attached hydrogens (tertiary/aromatic N) is 1. The first-order valence-electron chi connectivity index (χ1n) is 7.08.